The van der Waals surface area contributed by atoms with Gasteiger partial charge < -0.3 is 5.11 Å². The number of hydrogen-bond donors (Lipinski definition) is 1. The van der Waals surface area contributed by atoms with Gasteiger partial charge in [0.2, 0.25) is 16.3 Å². The van der Waals surface area contributed by atoms with E-state index in [0.717, 1.165) is 12.1 Å². The highest BCUT2D eigenvalue weighted by molar-refractivity contribution is 6.81. The molecule has 0 fully saturated rings. The summed E-state index contributed by atoms with van der Waals surface area (Å²) in [6, 6.07) is 3.46. The van der Waals surface area contributed by atoms with Gasteiger partial charge in [-0.3, -0.25) is 0 Å². The van der Waals surface area contributed by atoms with Gasteiger partial charge >= 0.3 is 0 Å². The Balaban J connectivity index is 3.83. The third kappa shape index (κ3) is 5.99. The molecule has 0 aliphatic rings. The monoisotopic (exact) mass is 817 g/mol. The normalized spacial score (nSPS) is 15.7. The molecule has 0 aliphatic heterocycles. The summed E-state index contributed by atoms with van der Waals surface area (Å²) in [4.78, 5) is 0. The molecule has 1 N–H and O–H groups in total. The van der Waals surface area contributed by atoms with Crippen molar-refractivity contribution < 1.29 is 5.11 Å². The van der Waals surface area contributed by atoms with Crippen LogP contribution in [0, 0.1) is 0 Å². The van der Waals surface area contributed by atoms with Crippen LogP contribution in [0.15, 0.2) is 18.2 Å². The molecular formula is C14H4Cl18O. The minimum absolute atomic E-state index is 0.494. The third-order valence-electron chi connectivity index (χ3n) is 4.00. The Morgan fingerprint density at radius 3 is 0.879 bits per heavy atom. The Morgan fingerprint density at radius 1 is 0.424 bits per heavy atom. The molecule has 1 nitrogen and oxygen atoms in total. The van der Waals surface area contributed by atoms with Crippen LogP contribution in [-0.4, -0.2) is 30.0 Å². The van der Waals surface area contributed by atoms with Gasteiger partial charge in [-0.1, -0.05) is 227 Å². The maximum absolute atomic E-state index is 11.0. The van der Waals surface area contributed by atoms with Crippen molar-refractivity contribution in [2.24, 2.45) is 0 Å². The van der Waals surface area contributed by atoms with Crippen molar-refractivity contribution in [1.82, 2.24) is 0 Å². The molecule has 0 saturated heterocycles. The van der Waals surface area contributed by atoms with Crippen LogP contribution in [0.3, 0.4) is 0 Å². The van der Waals surface area contributed by atoms with Crippen LogP contribution in [0.25, 0.3) is 0 Å². The summed E-state index contributed by atoms with van der Waals surface area (Å²) in [6.07, 6.45) is 0. The number of alkyl halides is 18. The standard InChI is InChI=1S/C14H4Cl18O/c15-7(16,9(19,20)11(23,24)13(27,28)29)4-2-1-3-5(6(4)33)8(17,18)10(21,22)12(25,26)14(30,31)32/h1-3,33H. The highest BCUT2D eigenvalue weighted by Gasteiger charge is 2.71. The Bertz CT molecular complexity index is 809. The van der Waals surface area contributed by atoms with Gasteiger partial charge in [0, 0.05) is 11.1 Å². The van der Waals surface area contributed by atoms with E-state index in [2.05, 4.69) is 0 Å². The summed E-state index contributed by atoms with van der Waals surface area (Å²) in [6.45, 7) is 0. The zero-order chi connectivity index (χ0) is 26.9. The first-order valence-electron chi connectivity index (χ1n) is 7.37. The van der Waals surface area contributed by atoms with Gasteiger partial charge in [-0.25, -0.2) is 0 Å². The molecule has 0 spiro atoms. The van der Waals surface area contributed by atoms with Crippen LogP contribution in [0.1, 0.15) is 11.1 Å². The SMILES string of the molecule is Oc1c(C(Cl)(Cl)C(Cl)(Cl)C(Cl)(Cl)C(Cl)(Cl)Cl)cccc1C(Cl)(Cl)C(Cl)(Cl)C(Cl)(Cl)C(Cl)(Cl)Cl. The fraction of sp³-hybridized carbons (Fsp3) is 0.571. The number of halogens is 18. The van der Waals surface area contributed by atoms with Gasteiger partial charge in [0.1, 0.15) is 5.75 Å². The zero-order valence-electron chi connectivity index (χ0n) is 14.5. The van der Waals surface area contributed by atoms with Gasteiger partial charge in [0.15, 0.2) is 17.3 Å². The second-order valence-electron chi connectivity index (χ2n) is 6.14. The molecule has 19 heteroatoms. The first-order valence-corrected chi connectivity index (χ1v) is 14.2. The van der Waals surface area contributed by atoms with Crippen LogP contribution >= 0.6 is 209 Å². The Morgan fingerprint density at radius 2 is 0.667 bits per heavy atom. The predicted molar refractivity (Wildman–Crippen MR) is 153 cm³/mol. The number of benzene rings is 1. The molecule has 0 saturated carbocycles. The zero-order valence-corrected chi connectivity index (χ0v) is 28.1. The molecule has 0 aliphatic carbocycles. The molecule has 0 atom stereocenters. The van der Waals surface area contributed by atoms with Crippen LogP contribution in [0.5, 0.6) is 5.75 Å². The lowest BCUT2D eigenvalue weighted by Crippen LogP contribution is -2.55. The number of rotatable bonds is 6. The first kappa shape index (κ1) is 35.3. The lowest BCUT2D eigenvalue weighted by atomic mass is 9.97. The average molecular weight is 826 g/mol. The minimum Gasteiger partial charge on any atom is -0.507 e. The van der Waals surface area contributed by atoms with E-state index in [0.29, 0.717) is 0 Å². The maximum Gasteiger partial charge on any atom is 0.226 e. The van der Waals surface area contributed by atoms with Gasteiger partial charge in [-0.2, -0.15) is 0 Å². The fourth-order valence-electron chi connectivity index (χ4n) is 2.14. The molecule has 33 heavy (non-hydrogen) atoms. The van der Waals surface area contributed by atoms with E-state index in [1.54, 1.807) is 0 Å². The van der Waals surface area contributed by atoms with Crippen LogP contribution in [0.4, 0.5) is 0 Å². The molecule has 0 aromatic heterocycles. The van der Waals surface area contributed by atoms with Gasteiger partial charge in [-0.15, -0.1) is 0 Å². The highest BCUT2D eigenvalue weighted by Crippen LogP contribution is 2.69. The lowest BCUT2D eigenvalue weighted by molar-refractivity contribution is 0.443. The molecule has 1 rings (SSSR count). The summed E-state index contributed by atoms with van der Waals surface area (Å²) in [5.41, 5.74) is -0.988. The lowest BCUT2D eigenvalue weighted by Gasteiger charge is -2.45. The highest BCUT2D eigenvalue weighted by atomic mass is 35.6. The second-order valence-corrected chi connectivity index (χ2v) is 18.7. The summed E-state index contributed by atoms with van der Waals surface area (Å²) >= 11 is 110. The molecule has 192 valence electrons. The maximum atomic E-state index is 11.0. The average Bonchev–Trinajstić information content (AvgIpc) is 2.58. The van der Waals surface area contributed by atoms with Crippen molar-refractivity contribution in [3.8, 4) is 5.75 Å². The molecule has 0 bridgehead atoms. The summed E-state index contributed by atoms with van der Waals surface area (Å²) in [5.74, 6) is -0.884. The predicted octanol–water partition coefficient (Wildman–Crippen LogP) is 12.1. The minimum atomic E-state index is -2.73. The van der Waals surface area contributed by atoms with E-state index in [1.165, 1.54) is 6.07 Å². The van der Waals surface area contributed by atoms with E-state index < -0.39 is 50.5 Å². The summed E-state index contributed by atoms with van der Waals surface area (Å²) < 4.78 is -21.1. The van der Waals surface area contributed by atoms with E-state index in [9.17, 15) is 5.11 Å². The molecule has 0 unspecified atom stereocenters. The van der Waals surface area contributed by atoms with E-state index in [-0.39, 0.29) is 0 Å². The van der Waals surface area contributed by atoms with E-state index in [4.69, 9.17) is 209 Å². The van der Waals surface area contributed by atoms with Crippen molar-refractivity contribution >= 4 is 209 Å². The first-order chi connectivity index (χ1) is 14.1. The van der Waals surface area contributed by atoms with Crippen molar-refractivity contribution in [1.29, 1.82) is 0 Å². The molecule has 1 aromatic carbocycles. The Labute approximate surface area is 279 Å². The number of phenols is 1. The topological polar surface area (TPSA) is 20.2 Å². The summed E-state index contributed by atoms with van der Waals surface area (Å²) in [5, 5.41) is 11.0. The fourth-order valence-corrected chi connectivity index (χ4v) is 6.67. The van der Waals surface area contributed by atoms with Crippen LogP contribution in [-0.2, 0) is 8.67 Å². The molecular weight excluding hydrogens is 822 g/mol. The molecule has 0 heterocycles. The third-order valence-corrected chi connectivity index (χ3v) is 14.9. The van der Waals surface area contributed by atoms with Crippen LogP contribution in [0.2, 0.25) is 0 Å². The van der Waals surface area contributed by atoms with Crippen molar-refractivity contribution in [2.45, 2.75) is 33.6 Å². The number of aromatic hydroxyl groups is 1. The molecule has 0 amide bonds. The number of hydrogen-bond acceptors (Lipinski definition) is 1. The number of para-hydroxylation sites is 1. The Hall–Kier alpha value is 4.24. The second kappa shape index (κ2) is 10.9. The van der Waals surface area contributed by atoms with Crippen molar-refractivity contribution in [3.05, 3.63) is 29.3 Å². The molecule has 0 radical (unpaired) electrons. The Kier molecular flexibility index (Phi) is 11.7. The van der Waals surface area contributed by atoms with Gasteiger partial charge in [0.05, 0.1) is 0 Å². The van der Waals surface area contributed by atoms with Crippen molar-refractivity contribution in [3.63, 3.8) is 0 Å². The molecule has 1 aromatic rings. The largest absolute Gasteiger partial charge is 0.507 e. The quantitative estimate of drug-likeness (QED) is 0.283. The van der Waals surface area contributed by atoms with Crippen molar-refractivity contribution in [2.75, 3.05) is 0 Å². The van der Waals surface area contributed by atoms with E-state index in [1.807, 2.05) is 0 Å². The van der Waals surface area contributed by atoms with Gasteiger partial charge in [0.25, 0.3) is 0 Å². The smallest absolute Gasteiger partial charge is 0.226 e. The number of phenolic OH excluding ortho intramolecular Hbond substituents is 1. The van der Waals surface area contributed by atoms with Gasteiger partial charge in [-0.05, 0) is 0 Å². The van der Waals surface area contributed by atoms with Crippen LogP contribution < -0.4 is 0 Å². The summed E-state index contributed by atoms with van der Waals surface area (Å²) in [7, 11) is 0. The van der Waals surface area contributed by atoms with E-state index >= 15 is 0 Å².